The second kappa shape index (κ2) is 7.34. The molecule has 0 radical (unpaired) electrons. The third-order valence-corrected chi connectivity index (χ3v) is 6.30. The highest BCUT2D eigenvalue weighted by atomic mass is 79.9. The largest absolute Gasteiger partial charge is 0.464 e. The molecule has 0 bridgehead atoms. The number of hydrazone groups is 1. The van der Waals surface area contributed by atoms with E-state index in [0.29, 0.717) is 0 Å². The van der Waals surface area contributed by atoms with Crippen LogP contribution in [0.15, 0.2) is 76.3 Å². The molecule has 29 heavy (non-hydrogen) atoms. The highest BCUT2D eigenvalue weighted by molar-refractivity contribution is 9.10. The molecule has 4 heteroatoms. The zero-order valence-electron chi connectivity index (χ0n) is 16.6. The second-order valence-corrected chi connectivity index (χ2v) is 8.68. The SMILES string of the molecule is CCc1ccc(C2=NN3C(C2)c2cc(Br)ccc2OC3c2ccc(C)cc2)cc1. The molecule has 146 valence electrons. The van der Waals surface area contributed by atoms with Gasteiger partial charge in [-0.3, -0.25) is 0 Å². The standard InChI is InChI=1S/C25H23BrN2O/c1-3-17-6-10-18(11-7-17)22-15-23-21-14-20(26)12-13-24(21)29-25(28(23)27-22)19-8-4-16(2)5-9-19/h4-14,23,25H,3,15H2,1-2H3. The lowest BCUT2D eigenvalue weighted by atomic mass is 9.95. The summed E-state index contributed by atoms with van der Waals surface area (Å²) in [7, 11) is 0. The Kier molecular flexibility index (Phi) is 4.67. The summed E-state index contributed by atoms with van der Waals surface area (Å²) in [5, 5.41) is 7.20. The summed E-state index contributed by atoms with van der Waals surface area (Å²) in [5.74, 6) is 0.942. The molecule has 0 saturated carbocycles. The van der Waals surface area contributed by atoms with Crippen LogP contribution in [-0.2, 0) is 6.42 Å². The molecule has 3 aromatic rings. The van der Waals surface area contributed by atoms with Crippen LogP contribution in [0.1, 0.15) is 53.4 Å². The van der Waals surface area contributed by atoms with Crippen LogP contribution in [0.2, 0.25) is 0 Å². The molecule has 3 nitrogen and oxygen atoms in total. The lowest BCUT2D eigenvalue weighted by Crippen LogP contribution is -2.33. The normalized spacial score (nSPS) is 20.0. The van der Waals surface area contributed by atoms with Crippen LogP contribution < -0.4 is 4.74 Å². The first-order valence-electron chi connectivity index (χ1n) is 10.1. The molecular weight excluding hydrogens is 424 g/mol. The molecule has 0 fully saturated rings. The summed E-state index contributed by atoms with van der Waals surface area (Å²) < 4.78 is 7.51. The quantitative estimate of drug-likeness (QED) is 0.454. The first-order valence-corrected chi connectivity index (χ1v) is 10.9. The topological polar surface area (TPSA) is 24.8 Å². The average molecular weight is 447 g/mol. The number of hydrogen-bond donors (Lipinski definition) is 0. The summed E-state index contributed by atoms with van der Waals surface area (Å²) in [6.45, 7) is 4.29. The van der Waals surface area contributed by atoms with Crippen molar-refractivity contribution in [2.45, 2.75) is 39.0 Å². The van der Waals surface area contributed by atoms with E-state index in [-0.39, 0.29) is 12.3 Å². The van der Waals surface area contributed by atoms with Gasteiger partial charge in [0.05, 0.1) is 11.8 Å². The maximum absolute atomic E-state index is 6.45. The van der Waals surface area contributed by atoms with Gasteiger partial charge >= 0.3 is 0 Å². The maximum atomic E-state index is 6.45. The Hall–Kier alpha value is -2.59. The lowest BCUT2D eigenvalue weighted by molar-refractivity contribution is -0.0190. The van der Waals surface area contributed by atoms with Gasteiger partial charge in [-0.05, 0) is 42.7 Å². The Morgan fingerprint density at radius 2 is 1.79 bits per heavy atom. The molecule has 3 aromatic carbocycles. The number of nitrogens with zero attached hydrogens (tertiary/aromatic N) is 2. The van der Waals surface area contributed by atoms with Gasteiger partial charge in [0.2, 0.25) is 6.23 Å². The summed E-state index contributed by atoms with van der Waals surface area (Å²) in [6, 6.07) is 23.8. The van der Waals surface area contributed by atoms with E-state index in [4.69, 9.17) is 9.84 Å². The van der Waals surface area contributed by atoms with Crippen molar-refractivity contribution in [1.29, 1.82) is 0 Å². The van der Waals surface area contributed by atoms with Crippen molar-refractivity contribution in [2.24, 2.45) is 5.10 Å². The number of ether oxygens (including phenoxy) is 1. The summed E-state index contributed by atoms with van der Waals surface area (Å²) in [5.41, 5.74) is 7.21. The maximum Gasteiger partial charge on any atom is 0.213 e. The Labute approximate surface area is 180 Å². The van der Waals surface area contributed by atoms with E-state index in [9.17, 15) is 0 Å². The molecule has 0 aromatic heterocycles. The first kappa shape index (κ1) is 18.4. The van der Waals surface area contributed by atoms with Crippen LogP contribution in [-0.4, -0.2) is 10.7 Å². The fourth-order valence-electron chi connectivity index (χ4n) is 4.12. The van der Waals surface area contributed by atoms with Crippen LogP contribution in [0, 0.1) is 6.92 Å². The van der Waals surface area contributed by atoms with Crippen molar-refractivity contribution in [3.05, 3.63) is 99.0 Å². The smallest absolute Gasteiger partial charge is 0.213 e. The van der Waals surface area contributed by atoms with Crippen molar-refractivity contribution in [2.75, 3.05) is 0 Å². The molecule has 0 spiro atoms. The molecule has 2 aliphatic rings. The molecule has 0 aliphatic carbocycles. The Morgan fingerprint density at radius 1 is 1.03 bits per heavy atom. The van der Waals surface area contributed by atoms with E-state index in [1.165, 1.54) is 22.3 Å². The van der Waals surface area contributed by atoms with Crippen LogP contribution in [0.5, 0.6) is 5.75 Å². The van der Waals surface area contributed by atoms with Gasteiger partial charge in [-0.25, -0.2) is 5.01 Å². The molecule has 0 N–H and O–H groups in total. The van der Waals surface area contributed by atoms with E-state index in [1.54, 1.807) is 0 Å². The highest BCUT2D eigenvalue weighted by Gasteiger charge is 2.41. The number of fused-ring (bicyclic) bond motifs is 3. The monoisotopic (exact) mass is 446 g/mol. The number of rotatable bonds is 3. The zero-order chi connectivity index (χ0) is 20.0. The predicted octanol–water partition coefficient (Wildman–Crippen LogP) is 6.56. The number of hydrogen-bond acceptors (Lipinski definition) is 3. The van der Waals surface area contributed by atoms with Gasteiger partial charge in [0.1, 0.15) is 5.75 Å². The molecule has 5 rings (SSSR count). The average Bonchev–Trinajstić information content (AvgIpc) is 3.20. The van der Waals surface area contributed by atoms with Gasteiger partial charge in [-0.2, -0.15) is 5.10 Å². The minimum atomic E-state index is -0.221. The van der Waals surface area contributed by atoms with Crippen LogP contribution in [0.4, 0.5) is 0 Å². The third kappa shape index (κ3) is 3.36. The van der Waals surface area contributed by atoms with Crippen LogP contribution in [0.25, 0.3) is 0 Å². The third-order valence-electron chi connectivity index (χ3n) is 5.81. The highest BCUT2D eigenvalue weighted by Crippen LogP contribution is 2.48. The molecule has 2 atom stereocenters. The van der Waals surface area contributed by atoms with E-state index in [0.717, 1.165) is 34.3 Å². The van der Waals surface area contributed by atoms with Gasteiger partial charge in [-0.15, -0.1) is 0 Å². The van der Waals surface area contributed by atoms with E-state index < -0.39 is 0 Å². The molecule has 2 unspecified atom stereocenters. The Morgan fingerprint density at radius 3 is 2.52 bits per heavy atom. The van der Waals surface area contributed by atoms with Crippen molar-refractivity contribution in [3.8, 4) is 5.75 Å². The van der Waals surface area contributed by atoms with E-state index in [2.05, 4.69) is 95.5 Å². The second-order valence-electron chi connectivity index (χ2n) is 7.76. The van der Waals surface area contributed by atoms with Crippen molar-refractivity contribution < 1.29 is 4.74 Å². The summed E-state index contributed by atoms with van der Waals surface area (Å²) in [4.78, 5) is 0. The number of aryl methyl sites for hydroxylation is 2. The number of halogens is 1. The van der Waals surface area contributed by atoms with E-state index >= 15 is 0 Å². The zero-order valence-corrected chi connectivity index (χ0v) is 18.2. The van der Waals surface area contributed by atoms with Crippen molar-refractivity contribution in [3.63, 3.8) is 0 Å². The molecule has 2 aliphatic heterocycles. The van der Waals surface area contributed by atoms with Gasteiger partial charge in [-0.1, -0.05) is 76.9 Å². The summed E-state index contributed by atoms with van der Waals surface area (Å²) in [6.07, 6.45) is 1.70. The molecule has 2 heterocycles. The fraction of sp³-hybridized carbons (Fsp3) is 0.240. The van der Waals surface area contributed by atoms with Gasteiger partial charge in [0.15, 0.2) is 0 Å². The fourth-order valence-corrected chi connectivity index (χ4v) is 4.50. The Bertz CT molecular complexity index is 1070. The minimum absolute atomic E-state index is 0.170. The van der Waals surface area contributed by atoms with Crippen molar-refractivity contribution in [1.82, 2.24) is 5.01 Å². The minimum Gasteiger partial charge on any atom is -0.464 e. The van der Waals surface area contributed by atoms with E-state index in [1.807, 2.05) is 6.07 Å². The number of benzene rings is 3. The van der Waals surface area contributed by atoms with Gasteiger partial charge < -0.3 is 4.74 Å². The van der Waals surface area contributed by atoms with Crippen molar-refractivity contribution >= 4 is 21.6 Å². The van der Waals surface area contributed by atoms with Gasteiger partial charge in [0, 0.05) is 22.0 Å². The molecule has 0 amide bonds. The first-order chi connectivity index (χ1) is 14.1. The van der Waals surface area contributed by atoms with Crippen LogP contribution in [0.3, 0.4) is 0 Å². The molecule has 0 saturated heterocycles. The lowest BCUT2D eigenvalue weighted by Gasteiger charge is -2.38. The summed E-state index contributed by atoms with van der Waals surface area (Å²) >= 11 is 3.62. The van der Waals surface area contributed by atoms with Crippen LogP contribution >= 0.6 is 15.9 Å². The Balaban J connectivity index is 1.57. The van der Waals surface area contributed by atoms with Gasteiger partial charge in [0.25, 0.3) is 0 Å². The molecular formula is C25H23BrN2O. The predicted molar refractivity (Wildman–Crippen MR) is 120 cm³/mol.